The summed E-state index contributed by atoms with van der Waals surface area (Å²) >= 11 is 0. The Hall–Kier alpha value is -2.78. The lowest BCUT2D eigenvalue weighted by molar-refractivity contribution is -0.148. The summed E-state index contributed by atoms with van der Waals surface area (Å²) in [5.74, 6) is -1.89. The first-order valence-corrected chi connectivity index (χ1v) is 11.0. The van der Waals surface area contributed by atoms with E-state index in [2.05, 4.69) is 23.4 Å². The summed E-state index contributed by atoms with van der Waals surface area (Å²) in [6.45, 7) is 12.0. The van der Waals surface area contributed by atoms with Gasteiger partial charge in [-0.25, -0.2) is 9.59 Å². The van der Waals surface area contributed by atoms with Crippen LogP contribution in [0.25, 0.3) is 0 Å². The van der Waals surface area contributed by atoms with Crippen molar-refractivity contribution in [3.8, 4) is 0 Å². The van der Waals surface area contributed by atoms with E-state index >= 15 is 0 Å². The number of esters is 2. The predicted molar refractivity (Wildman–Crippen MR) is 119 cm³/mol. The van der Waals surface area contributed by atoms with Crippen molar-refractivity contribution in [3.63, 3.8) is 0 Å². The molecule has 3 aliphatic heterocycles. The molecule has 9 nitrogen and oxygen atoms in total. The van der Waals surface area contributed by atoms with Gasteiger partial charge in [-0.3, -0.25) is 0 Å². The monoisotopic (exact) mass is 457 g/mol. The number of nitrogens with zero attached hydrogens (tertiary/aromatic N) is 3. The van der Waals surface area contributed by atoms with Gasteiger partial charge in [0.05, 0.1) is 31.7 Å². The molecule has 3 aliphatic rings. The number of aliphatic hydroxyl groups is 1. The molecular weight excluding hydrogens is 426 g/mol. The van der Waals surface area contributed by atoms with Crippen LogP contribution < -0.4 is 0 Å². The van der Waals surface area contributed by atoms with E-state index < -0.39 is 53.5 Å². The molecule has 1 spiro atoms. The standard InChI is InChI=1S/C24H31N3O6/c1-11(2)13-8-16-14(22(29)31-7)9-17(32-16)18(12(3)4)20-21(27(5)6)24(23(30)33-20)15(19(13)28)10-25-26-24/h9,13,15,18-21,28H,1,3,8,10H2,2,4-7H3/t13-,15-,18+,19-,20+,21+,24+/m1/s1. The molecule has 1 aromatic rings. The van der Waals surface area contributed by atoms with E-state index in [1.165, 1.54) is 7.11 Å². The summed E-state index contributed by atoms with van der Waals surface area (Å²) in [4.78, 5) is 28.0. The first kappa shape index (κ1) is 23.4. The van der Waals surface area contributed by atoms with E-state index in [-0.39, 0.29) is 18.5 Å². The first-order chi connectivity index (χ1) is 15.5. The Kier molecular flexibility index (Phi) is 5.82. The highest BCUT2D eigenvalue weighted by Gasteiger charge is 2.68. The predicted octanol–water partition coefficient (Wildman–Crippen LogP) is 2.51. The topological polar surface area (TPSA) is 114 Å². The quantitative estimate of drug-likeness (QED) is 0.546. The minimum Gasteiger partial charge on any atom is -0.465 e. The van der Waals surface area contributed by atoms with Crippen LogP contribution in [0.2, 0.25) is 0 Å². The highest BCUT2D eigenvalue weighted by atomic mass is 16.6. The zero-order valence-corrected chi connectivity index (χ0v) is 19.7. The van der Waals surface area contributed by atoms with Gasteiger partial charge < -0.3 is 23.9 Å². The Labute approximate surface area is 193 Å². The van der Waals surface area contributed by atoms with Gasteiger partial charge in [0.25, 0.3) is 0 Å². The minimum absolute atomic E-state index is 0.182. The minimum atomic E-state index is -1.36. The average Bonchev–Trinajstić information content (AvgIpc) is 3.41. The van der Waals surface area contributed by atoms with Crippen molar-refractivity contribution in [2.24, 2.45) is 22.1 Å². The molecule has 1 aromatic heterocycles. The van der Waals surface area contributed by atoms with Crippen LogP contribution in [0.1, 0.15) is 41.6 Å². The van der Waals surface area contributed by atoms with Crippen LogP contribution in [0.3, 0.4) is 0 Å². The number of likely N-dealkylation sites (N-methyl/N-ethyl adjacent to an activating group) is 1. The highest BCUT2D eigenvalue weighted by Crippen LogP contribution is 2.51. The molecule has 0 aliphatic carbocycles. The molecule has 4 heterocycles. The number of azo groups is 1. The van der Waals surface area contributed by atoms with Crippen LogP contribution >= 0.6 is 0 Å². The third kappa shape index (κ3) is 3.36. The molecule has 9 heteroatoms. The normalized spacial score (nSPS) is 35.1. The molecule has 1 saturated heterocycles. The fourth-order valence-corrected chi connectivity index (χ4v) is 5.68. The Balaban J connectivity index is 2.00. The Morgan fingerprint density at radius 3 is 2.58 bits per heavy atom. The fraction of sp³-hybridized carbons (Fsp3) is 0.583. The molecule has 0 unspecified atom stereocenters. The van der Waals surface area contributed by atoms with Crippen LogP contribution in [0.5, 0.6) is 0 Å². The van der Waals surface area contributed by atoms with Gasteiger partial charge in [-0.1, -0.05) is 24.3 Å². The number of methoxy groups -OCH3 is 1. The van der Waals surface area contributed by atoms with E-state index in [4.69, 9.17) is 13.9 Å². The van der Waals surface area contributed by atoms with Crippen molar-refractivity contribution in [2.45, 2.75) is 50.0 Å². The van der Waals surface area contributed by atoms with Crippen molar-refractivity contribution >= 4 is 11.9 Å². The zero-order valence-electron chi connectivity index (χ0n) is 19.7. The number of carbonyl (C=O) groups excluding carboxylic acids is 2. The van der Waals surface area contributed by atoms with Gasteiger partial charge in [-0.2, -0.15) is 10.2 Å². The highest BCUT2D eigenvalue weighted by molar-refractivity contribution is 5.91. The van der Waals surface area contributed by atoms with Crippen molar-refractivity contribution in [2.75, 3.05) is 27.7 Å². The van der Waals surface area contributed by atoms with E-state index in [9.17, 15) is 14.7 Å². The Bertz CT molecular complexity index is 1040. The van der Waals surface area contributed by atoms with Gasteiger partial charge in [0.2, 0.25) is 5.54 Å². The summed E-state index contributed by atoms with van der Waals surface area (Å²) in [7, 11) is 4.99. The summed E-state index contributed by atoms with van der Waals surface area (Å²) in [5, 5.41) is 20.3. The number of rotatable bonds is 4. The van der Waals surface area contributed by atoms with Gasteiger partial charge in [-0.05, 0) is 34.0 Å². The lowest BCUT2D eigenvalue weighted by atomic mass is 9.69. The van der Waals surface area contributed by atoms with E-state index in [1.54, 1.807) is 13.0 Å². The molecule has 178 valence electrons. The van der Waals surface area contributed by atoms with Crippen LogP contribution in [-0.2, 0) is 20.7 Å². The second-order valence-corrected chi connectivity index (χ2v) is 9.58. The lowest BCUT2D eigenvalue weighted by Crippen LogP contribution is -2.60. The molecule has 0 aromatic carbocycles. The Morgan fingerprint density at radius 1 is 1.30 bits per heavy atom. The van der Waals surface area contributed by atoms with Crippen molar-refractivity contribution in [3.05, 3.63) is 47.5 Å². The molecule has 33 heavy (non-hydrogen) atoms. The summed E-state index contributed by atoms with van der Waals surface area (Å²) in [6, 6.07) is 1.08. The molecule has 0 radical (unpaired) electrons. The summed E-state index contributed by atoms with van der Waals surface area (Å²) < 4.78 is 17.2. The molecule has 0 amide bonds. The maximum absolute atomic E-state index is 13.5. The van der Waals surface area contributed by atoms with E-state index in [0.29, 0.717) is 22.7 Å². The molecule has 0 saturated carbocycles. The van der Waals surface area contributed by atoms with Crippen molar-refractivity contribution in [1.29, 1.82) is 0 Å². The number of hydrogen-bond donors (Lipinski definition) is 1. The second kappa shape index (κ2) is 8.22. The maximum Gasteiger partial charge on any atom is 0.341 e. The van der Waals surface area contributed by atoms with Gasteiger partial charge in [0.15, 0.2) is 0 Å². The number of furan rings is 1. The zero-order chi connectivity index (χ0) is 24.2. The van der Waals surface area contributed by atoms with E-state index in [0.717, 1.165) is 0 Å². The molecule has 1 N–H and O–H groups in total. The third-order valence-corrected chi connectivity index (χ3v) is 7.23. The summed E-state index contributed by atoms with van der Waals surface area (Å²) in [5.41, 5.74) is 0.309. The molecule has 4 bridgehead atoms. The first-order valence-electron chi connectivity index (χ1n) is 11.0. The number of aliphatic hydroxyl groups excluding tert-OH is 1. The molecule has 4 rings (SSSR count). The number of carbonyl (C=O) groups is 2. The van der Waals surface area contributed by atoms with Crippen LogP contribution in [0.4, 0.5) is 0 Å². The van der Waals surface area contributed by atoms with Gasteiger partial charge in [0.1, 0.15) is 23.2 Å². The maximum atomic E-state index is 13.5. The fourth-order valence-electron chi connectivity index (χ4n) is 5.68. The van der Waals surface area contributed by atoms with Crippen molar-refractivity contribution < 1.29 is 28.6 Å². The van der Waals surface area contributed by atoms with Gasteiger partial charge in [-0.15, -0.1) is 0 Å². The van der Waals surface area contributed by atoms with Crippen molar-refractivity contribution in [1.82, 2.24) is 4.90 Å². The SMILES string of the molecule is C=C(C)[C@H]1Cc2oc(cc2C(=O)OC)[C@H](C(=C)C)[C@@H]2OC(=O)[C@@]3(N=NC[C@@H]3[C@@H]1O)[C@H]2N(C)C. The van der Waals surface area contributed by atoms with Crippen LogP contribution in [0, 0.1) is 11.8 Å². The molecule has 1 fully saturated rings. The average molecular weight is 458 g/mol. The lowest BCUT2D eigenvalue weighted by Gasteiger charge is -2.39. The van der Waals surface area contributed by atoms with Crippen LogP contribution in [0.15, 0.2) is 45.0 Å². The largest absolute Gasteiger partial charge is 0.465 e. The Morgan fingerprint density at radius 2 is 2.00 bits per heavy atom. The van der Waals surface area contributed by atoms with Crippen LogP contribution in [-0.4, -0.2) is 73.5 Å². The molecular formula is C24H31N3O6. The van der Waals surface area contributed by atoms with Gasteiger partial charge >= 0.3 is 11.9 Å². The summed E-state index contributed by atoms with van der Waals surface area (Å²) in [6.07, 6.45) is -1.52. The number of hydrogen-bond acceptors (Lipinski definition) is 9. The van der Waals surface area contributed by atoms with Gasteiger partial charge in [0, 0.05) is 18.3 Å². The molecule has 7 atom stereocenters. The smallest absolute Gasteiger partial charge is 0.341 e. The number of ether oxygens (including phenoxy) is 2. The number of fused-ring (bicyclic) bond motifs is 3. The third-order valence-electron chi connectivity index (χ3n) is 7.23. The van der Waals surface area contributed by atoms with E-state index in [1.807, 2.05) is 25.9 Å². The second-order valence-electron chi connectivity index (χ2n) is 9.58.